The van der Waals surface area contributed by atoms with Crippen molar-refractivity contribution in [1.29, 1.82) is 0 Å². The molecule has 10 heterocycles. The number of carboxylic acid groups (broad SMARTS) is 2. The van der Waals surface area contributed by atoms with Gasteiger partial charge >= 0.3 is 11.9 Å². The summed E-state index contributed by atoms with van der Waals surface area (Å²) in [5.41, 5.74) is 9.29. The molecule has 0 spiro atoms. The fourth-order valence-electron chi connectivity index (χ4n) is 16.4. The third-order valence-electron chi connectivity index (χ3n) is 21.5. The van der Waals surface area contributed by atoms with E-state index in [0.717, 1.165) is 34.7 Å². The van der Waals surface area contributed by atoms with E-state index in [4.69, 9.17) is 57.8 Å². The van der Waals surface area contributed by atoms with E-state index >= 15 is 12.8 Å². The van der Waals surface area contributed by atoms with Gasteiger partial charge in [0, 0.05) is 123 Å². The lowest BCUT2D eigenvalue weighted by molar-refractivity contribution is 0.0675. The minimum atomic E-state index is -4.47. The smallest absolute Gasteiger partial charge is 0.352 e. The standard InChI is InChI=1S/C76H72Cl2F2N12O11S4/c1-85-71-52-14-16-57(77)67(71)69-60(83-91-18-6-11-62(69)91)35-89(106(5,97)98)33-43-27-45(87(3)81-43)38-105-48-25-41-26-59(80)55(31-54(41)65(30-48)103-21-8-10-50(52)73(85)75(93)94)56-32-66(56)107(99,100)90-34-44-28-46(88(4)82-44)39-104-47-24-40-23-42(79)12-13-49(40)64(29-47)102-20-7-9-51-53-15-17-58(78)68(72(53)86(2)74(51)76(95)96)70-61(36-90)84-92-19-22-101-37-63(70)92/h12-17,23-31,56,66H,6-11,18-22,32-39H2,1-5H3,(H,93,94)(H,95,96). The number of thioether (sulfide) groups is 2. The highest BCUT2D eigenvalue weighted by Crippen LogP contribution is 2.52. The fourth-order valence-corrected chi connectivity index (χ4v) is 21.6. The molecule has 12 aromatic rings. The summed E-state index contributed by atoms with van der Waals surface area (Å²) in [5.74, 6) is -2.55. The minimum absolute atomic E-state index is 0.0380. The second-order valence-electron chi connectivity index (χ2n) is 28.2. The Bertz CT molecular complexity index is 6010. The van der Waals surface area contributed by atoms with E-state index in [1.54, 1.807) is 81.7 Å². The van der Waals surface area contributed by atoms with Crippen LogP contribution in [0.2, 0.25) is 10.0 Å². The molecule has 4 aliphatic heterocycles. The minimum Gasteiger partial charge on any atom is -0.493 e. The van der Waals surface area contributed by atoms with Gasteiger partial charge in [-0.2, -0.15) is 29.0 Å². The molecule has 1 saturated carbocycles. The van der Waals surface area contributed by atoms with E-state index in [1.165, 1.54) is 50.3 Å². The van der Waals surface area contributed by atoms with E-state index in [1.807, 2.05) is 47.1 Å². The number of aromatic nitrogens is 10. The molecule has 6 aromatic carbocycles. The summed E-state index contributed by atoms with van der Waals surface area (Å²) in [5, 5.41) is 44.9. The van der Waals surface area contributed by atoms with E-state index in [-0.39, 0.29) is 87.2 Å². The third-order valence-corrected chi connectivity index (χ3v) is 27.6. The lowest BCUT2D eigenvalue weighted by Gasteiger charge is -2.22. The summed E-state index contributed by atoms with van der Waals surface area (Å²) >= 11 is 17.5. The van der Waals surface area contributed by atoms with Gasteiger partial charge in [0.2, 0.25) is 20.0 Å². The van der Waals surface area contributed by atoms with E-state index in [9.17, 15) is 32.6 Å². The number of hydrogen-bond acceptors (Lipinski definition) is 15. The molecule has 2 N–H and O–H groups in total. The van der Waals surface area contributed by atoms with Crippen LogP contribution >= 0.6 is 46.7 Å². The molecule has 16 bridgehead atoms. The lowest BCUT2D eigenvalue weighted by atomic mass is 9.97. The number of ether oxygens (including phenoxy) is 3. The van der Waals surface area contributed by atoms with Crippen LogP contribution in [0.15, 0.2) is 101 Å². The van der Waals surface area contributed by atoms with Crippen molar-refractivity contribution in [2.75, 3.05) is 26.1 Å². The van der Waals surface area contributed by atoms with Crippen molar-refractivity contribution in [2.24, 2.45) is 28.2 Å². The monoisotopic (exact) mass is 1560 g/mol. The van der Waals surface area contributed by atoms with Gasteiger partial charge in [0.1, 0.15) is 34.5 Å². The highest BCUT2D eigenvalue weighted by Gasteiger charge is 2.52. The predicted octanol–water partition coefficient (Wildman–Crippen LogP) is 13.7. The first-order valence-corrected chi connectivity index (χ1v) is 41.2. The molecule has 23 nitrogen and oxygen atoms in total. The summed E-state index contributed by atoms with van der Waals surface area (Å²) in [6.45, 7) is 0.880. The lowest BCUT2D eigenvalue weighted by Crippen LogP contribution is -2.34. The zero-order valence-electron chi connectivity index (χ0n) is 58.8. The van der Waals surface area contributed by atoms with Gasteiger partial charge in [0.15, 0.2) is 0 Å². The normalized spacial score (nSPS) is 17.9. The Morgan fingerprint density at radius 2 is 1.10 bits per heavy atom. The maximum Gasteiger partial charge on any atom is 0.352 e. The van der Waals surface area contributed by atoms with Gasteiger partial charge in [0.25, 0.3) is 0 Å². The molecule has 2 unspecified atom stereocenters. The molecule has 31 heteroatoms. The number of carbonyl (C=O) groups is 2. The average molecular weight is 1570 g/mol. The molecule has 554 valence electrons. The third kappa shape index (κ3) is 12.7. The summed E-state index contributed by atoms with van der Waals surface area (Å²) in [6.07, 6.45) is 3.90. The molecular weight excluding hydrogens is 1490 g/mol. The summed E-state index contributed by atoms with van der Waals surface area (Å²) < 4.78 is 125. The zero-order chi connectivity index (χ0) is 74.4. The van der Waals surface area contributed by atoms with Crippen molar-refractivity contribution in [3.8, 4) is 33.8 Å². The Hall–Kier alpha value is -8.78. The molecule has 0 amide bonds. The Kier molecular flexibility index (Phi) is 18.2. The number of halogens is 4. The number of aryl methyl sites for hydroxylation is 7. The van der Waals surface area contributed by atoms with E-state index in [2.05, 4.69) is 0 Å². The molecule has 0 saturated heterocycles. The van der Waals surface area contributed by atoms with Crippen LogP contribution in [0.1, 0.15) is 115 Å². The van der Waals surface area contributed by atoms with Crippen molar-refractivity contribution in [3.05, 3.63) is 186 Å². The van der Waals surface area contributed by atoms with Crippen molar-refractivity contribution in [3.63, 3.8) is 0 Å². The molecule has 107 heavy (non-hydrogen) atoms. The van der Waals surface area contributed by atoms with Gasteiger partial charge in [-0.05, 0) is 151 Å². The van der Waals surface area contributed by atoms with Crippen molar-refractivity contribution < 1.29 is 59.6 Å². The highest BCUT2D eigenvalue weighted by atomic mass is 35.5. The summed E-state index contributed by atoms with van der Waals surface area (Å²) in [7, 11) is -1.43. The first-order valence-electron chi connectivity index (χ1n) is 35.2. The Labute approximate surface area is 631 Å². The maximum absolute atomic E-state index is 17.5. The van der Waals surface area contributed by atoms with E-state index in [0.29, 0.717) is 177 Å². The fraction of sp³-hybridized carbons (Fsp3) is 0.342. The Balaban J connectivity index is 0.749. The first-order chi connectivity index (χ1) is 51.3. The van der Waals surface area contributed by atoms with Crippen LogP contribution in [-0.4, -0.2) is 127 Å². The number of carboxylic acids is 2. The molecular formula is C76H72Cl2F2N12O11S4. The number of aromatic carboxylic acids is 2. The van der Waals surface area contributed by atoms with Gasteiger partial charge in [-0.25, -0.2) is 35.2 Å². The van der Waals surface area contributed by atoms with Crippen LogP contribution in [0, 0.1) is 11.6 Å². The maximum atomic E-state index is 17.5. The second kappa shape index (κ2) is 27.4. The molecule has 1 fully saturated rings. The molecule has 1 aliphatic carbocycles. The van der Waals surface area contributed by atoms with Gasteiger partial charge in [0.05, 0.1) is 120 Å². The first kappa shape index (κ1) is 71.2. The topological polar surface area (TPSA) is 258 Å². The highest BCUT2D eigenvalue weighted by molar-refractivity contribution is 7.98. The van der Waals surface area contributed by atoms with Crippen LogP contribution in [0.3, 0.4) is 0 Å². The quantitative estimate of drug-likeness (QED) is 0.157. The molecule has 2 atom stereocenters. The van der Waals surface area contributed by atoms with Crippen LogP contribution in [0.5, 0.6) is 11.5 Å². The molecule has 6 aromatic heterocycles. The number of rotatable bonds is 6. The second-order valence-corrected chi connectivity index (χ2v) is 35.2. The van der Waals surface area contributed by atoms with Gasteiger partial charge in [-0.1, -0.05) is 35.3 Å². The van der Waals surface area contributed by atoms with Crippen LogP contribution in [0.4, 0.5) is 8.78 Å². The summed E-state index contributed by atoms with van der Waals surface area (Å²) in [6, 6.07) is 25.9. The zero-order valence-corrected chi connectivity index (χ0v) is 63.6. The Morgan fingerprint density at radius 3 is 1.68 bits per heavy atom. The van der Waals surface area contributed by atoms with Crippen molar-refractivity contribution in [1.82, 2.24) is 56.9 Å². The summed E-state index contributed by atoms with van der Waals surface area (Å²) in [4.78, 5) is 28.5. The van der Waals surface area contributed by atoms with Crippen LogP contribution in [-0.2, 0) is 130 Å². The number of benzene rings is 6. The van der Waals surface area contributed by atoms with Crippen LogP contribution in [0.25, 0.3) is 65.6 Å². The van der Waals surface area contributed by atoms with Gasteiger partial charge in [-0.3, -0.25) is 18.7 Å². The van der Waals surface area contributed by atoms with E-state index < -0.39 is 54.8 Å². The number of sulfonamides is 2. The molecule has 0 radical (unpaired) electrons. The Morgan fingerprint density at radius 1 is 0.570 bits per heavy atom. The predicted molar refractivity (Wildman–Crippen MR) is 405 cm³/mol. The number of nitrogens with zero attached hydrogens (tertiary/aromatic N) is 12. The van der Waals surface area contributed by atoms with Gasteiger partial charge in [-0.15, -0.1) is 23.5 Å². The van der Waals surface area contributed by atoms with Gasteiger partial charge < -0.3 is 33.6 Å². The van der Waals surface area contributed by atoms with Crippen molar-refractivity contribution >= 4 is 122 Å². The number of hydrogen-bond donors (Lipinski definition) is 2. The average Bonchev–Trinajstić information content (AvgIpc) is 1.58. The molecule has 5 aliphatic rings. The SMILES string of the molecule is Cn1nc2cc1CSc1cc(c3cc(C4CC4S(=O)(=O)N4Cc5cc(n(C)n5)CSc5cc(c6ccc(F)cc6c5)OCCCc5c(C(=O)O)n(C)c6c(c(Cl)ccc56)-c5c(nn6c5COCC6)C4)c(F)cc3c1)OCCCc1c(C(=O)O)n(C)c3c(c(Cl)ccc13)-c1c(nn3c1CCC3)CN(S(C)(=O)=O)C2. The largest absolute Gasteiger partial charge is 0.493 e. The number of fused-ring (bicyclic) bond motifs is 20. The van der Waals surface area contributed by atoms with Crippen molar-refractivity contribution in [2.45, 2.75) is 123 Å². The van der Waals surface area contributed by atoms with Crippen LogP contribution < -0.4 is 9.47 Å². The molecule has 17 rings (SSSR count).